The molecule has 0 radical (unpaired) electrons. The van der Waals surface area contributed by atoms with Gasteiger partial charge in [0, 0.05) is 13.1 Å². The van der Waals surface area contributed by atoms with Crippen molar-refractivity contribution < 1.29 is 0 Å². The molecule has 82 valence electrons. The summed E-state index contributed by atoms with van der Waals surface area (Å²) in [5.74, 6) is 1.66. The molecule has 0 aromatic heterocycles. The second kappa shape index (κ2) is 5.10. The van der Waals surface area contributed by atoms with Gasteiger partial charge >= 0.3 is 0 Å². The first kappa shape index (κ1) is 10.4. The van der Waals surface area contributed by atoms with Crippen LogP contribution >= 0.6 is 0 Å². The highest BCUT2D eigenvalue weighted by Gasteiger charge is 2.24. The van der Waals surface area contributed by atoms with E-state index >= 15 is 0 Å². The Hall–Kier alpha value is -0.120. The summed E-state index contributed by atoms with van der Waals surface area (Å²) in [6.45, 7) is 7.14. The van der Waals surface area contributed by atoms with Crippen LogP contribution in [-0.2, 0) is 0 Å². The highest BCUT2D eigenvalue weighted by atomic mass is 15.2. The van der Waals surface area contributed by atoms with Gasteiger partial charge in [-0.25, -0.2) is 0 Å². The summed E-state index contributed by atoms with van der Waals surface area (Å²) < 4.78 is 0. The summed E-state index contributed by atoms with van der Waals surface area (Å²) in [4.78, 5) is 2.61. The molecule has 2 heterocycles. The minimum atomic E-state index is 0.770. The average Bonchev–Trinajstić information content (AvgIpc) is 2.67. The van der Waals surface area contributed by atoms with E-state index in [2.05, 4.69) is 10.2 Å². The van der Waals surface area contributed by atoms with Crippen molar-refractivity contribution in [3.63, 3.8) is 0 Å². The number of hydrogen-bond donors (Lipinski definition) is 2. The molecule has 0 spiro atoms. The average molecular weight is 197 g/mol. The van der Waals surface area contributed by atoms with Crippen molar-refractivity contribution in [1.82, 2.24) is 10.2 Å². The van der Waals surface area contributed by atoms with Crippen molar-refractivity contribution >= 4 is 0 Å². The smallest absolute Gasteiger partial charge is 0.00223 e. The molecule has 2 rings (SSSR count). The first-order valence-electron chi connectivity index (χ1n) is 6.01. The Kier molecular flexibility index (Phi) is 3.79. The molecule has 0 amide bonds. The Morgan fingerprint density at radius 3 is 2.86 bits per heavy atom. The maximum atomic E-state index is 5.69. The van der Waals surface area contributed by atoms with Crippen LogP contribution in [0.15, 0.2) is 0 Å². The predicted octanol–water partition coefficient (Wildman–Crippen LogP) is 0.267. The maximum absolute atomic E-state index is 5.69. The van der Waals surface area contributed by atoms with Crippen molar-refractivity contribution in [1.29, 1.82) is 0 Å². The van der Waals surface area contributed by atoms with Gasteiger partial charge in [0.15, 0.2) is 0 Å². The fraction of sp³-hybridized carbons (Fsp3) is 1.00. The van der Waals surface area contributed by atoms with Crippen LogP contribution in [0.1, 0.15) is 19.3 Å². The summed E-state index contributed by atoms with van der Waals surface area (Å²) in [5, 5.41) is 3.48. The first-order chi connectivity index (χ1) is 6.88. The van der Waals surface area contributed by atoms with Gasteiger partial charge in [0.25, 0.3) is 0 Å². The molecule has 2 saturated heterocycles. The van der Waals surface area contributed by atoms with Crippen molar-refractivity contribution in [2.75, 3.05) is 39.3 Å². The first-order valence-corrected chi connectivity index (χ1v) is 6.01. The predicted molar refractivity (Wildman–Crippen MR) is 59.2 cm³/mol. The zero-order valence-corrected chi connectivity index (χ0v) is 9.04. The van der Waals surface area contributed by atoms with E-state index in [1.807, 2.05) is 0 Å². The number of nitrogens with zero attached hydrogens (tertiary/aromatic N) is 1. The van der Waals surface area contributed by atoms with E-state index in [-0.39, 0.29) is 0 Å². The van der Waals surface area contributed by atoms with Crippen LogP contribution in [0.2, 0.25) is 0 Å². The molecule has 3 heteroatoms. The van der Waals surface area contributed by atoms with Gasteiger partial charge in [-0.1, -0.05) is 0 Å². The van der Waals surface area contributed by atoms with Gasteiger partial charge in [0.05, 0.1) is 0 Å². The molecule has 0 saturated carbocycles. The number of piperidine rings is 1. The monoisotopic (exact) mass is 197 g/mol. The second-order valence-corrected chi connectivity index (χ2v) is 4.86. The quantitative estimate of drug-likeness (QED) is 0.682. The minimum Gasteiger partial charge on any atom is -0.330 e. The molecule has 3 N–H and O–H groups in total. The molecular formula is C11H23N3. The fourth-order valence-corrected chi connectivity index (χ4v) is 2.72. The standard InChI is InChI=1S/C11H23N3/c12-6-10-3-5-14(8-10)9-11-2-1-4-13-7-11/h10-11,13H,1-9,12H2. The van der Waals surface area contributed by atoms with E-state index < -0.39 is 0 Å². The fourth-order valence-electron chi connectivity index (χ4n) is 2.72. The number of nitrogens with one attached hydrogen (secondary N) is 1. The molecule has 2 unspecified atom stereocenters. The molecule has 3 nitrogen and oxygen atoms in total. The molecule has 0 aliphatic carbocycles. The van der Waals surface area contributed by atoms with E-state index in [9.17, 15) is 0 Å². The van der Waals surface area contributed by atoms with Gasteiger partial charge in [0.2, 0.25) is 0 Å². The number of nitrogens with two attached hydrogens (primary N) is 1. The summed E-state index contributed by atoms with van der Waals surface area (Å²) in [6, 6.07) is 0. The highest BCUT2D eigenvalue weighted by molar-refractivity contribution is 4.80. The number of likely N-dealkylation sites (tertiary alicyclic amines) is 1. The lowest BCUT2D eigenvalue weighted by Crippen LogP contribution is -2.37. The zero-order valence-electron chi connectivity index (χ0n) is 9.04. The van der Waals surface area contributed by atoms with E-state index in [1.54, 1.807) is 0 Å². The number of hydrogen-bond acceptors (Lipinski definition) is 3. The normalized spacial score (nSPS) is 34.9. The van der Waals surface area contributed by atoms with Crippen LogP contribution in [0.4, 0.5) is 0 Å². The summed E-state index contributed by atoms with van der Waals surface area (Å²) in [7, 11) is 0. The maximum Gasteiger partial charge on any atom is 0.00223 e. The zero-order chi connectivity index (χ0) is 9.80. The Bertz CT molecular complexity index is 166. The summed E-state index contributed by atoms with van der Waals surface area (Å²) >= 11 is 0. The Morgan fingerprint density at radius 2 is 2.21 bits per heavy atom. The van der Waals surface area contributed by atoms with E-state index in [0.717, 1.165) is 18.4 Å². The van der Waals surface area contributed by atoms with Crippen LogP contribution in [0.5, 0.6) is 0 Å². The topological polar surface area (TPSA) is 41.3 Å². The van der Waals surface area contributed by atoms with Crippen molar-refractivity contribution in [2.45, 2.75) is 19.3 Å². The molecular weight excluding hydrogens is 174 g/mol. The molecule has 0 aromatic rings. The lowest BCUT2D eigenvalue weighted by atomic mass is 9.99. The van der Waals surface area contributed by atoms with Gasteiger partial charge in [-0.15, -0.1) is 0 Å². The summed E-state index contributed by atoms with van der Waals surface area (Å²) in [5.41, 5.74) is 5.69. The third-order valence-corrected chi connectivity index (χ3v) is 3.62. The van der Waals surface area contributed by atoms with Gasteiger partial charge in [-0.2, -0.15) is 0 Å². The lowest BCUT2D eigenvalue weighted by Gasteiger charge is -2.27. The Morgan fingerprint density at radius 1 is 1.29 bits per heavy atom. The van der Waals surface area contributed by atoms with Gasteiger partial charge in [-0.3, -0.25) is 0 Å². The largest absolute Gasteiger partial charge is 0.330 e. The molecule has 14 heavy (non-hydrogen) atoms. The van der Waals surface area contributed by atoms with Crippen molar-refractivity contribution in [2.24, 2.45) is 17.6 Å². The molecule has 2 aliphatic rings. The highest BCUT2D eigenvalue weighted by Crippen LogP contribution is 2.18. The van der Waals surface area contributed by atoms with E-state index in [4.69, 9.17) is 5.73 Å². The van der Waals surface area contributed by atoms with Crippen LogP contribution < -0.4 is 11.1 Å². The van der Waals surface area contributed by atoms with Gasteiger partial charge in [-0.05, 0) is 57.3 Å². The van der Waals surface area contributed by atoms with Crippen LogP contribution in [-0.4, -0.2) is 44.2 Å². The molecule has 2 atom stereocenters. The molecule has 0 aromatic carbocycles. The second-order valence-electron chi connectivity index (χ2n) is 4.86. The lowest BCUT2D eigenvalue weighted by molar-refractivity contribution is 0.238. The van der Waals surface area contributed by atoms with Crippen molar-refractivity contribution in [3.8, 4) is 0 Å². The minimum absolute atomic E-state index is 0.770. The summed E-state index contributed by atoms with van der Waals surface area (Å²) in [6.07, 6.45) is 4.09. The molecule has 0 bridgehead atoms. The van der Waals surface area contributed by atoms with Gasteiger partial charge < -0.3 is 16.0 Å². The Balaban J connectivity index is 1.69. The third kappa shape index (κ3) is 2.69. The Labute approximate surface area is 87.0 Å². The van der Waals surface area contributed by atoms with Crippen LogP contribution in [0, 0.1) is 11.8 Å². The molecule has 2 aliphatic heterocycles. The van der Waals surface area contributed by atoms with Crippen LogP contribution in [0.25, 0.3) is 0 Å². The van der Waals surface area contributed by atoms with E-state index in [1.165, 1.54) is 52.0 Å². The van der Waals surface area contributed by atoms with Crippen molar-refractivity contribution in [3.05, 3.63) is 0 Å². The molecule has 2 fully saturated rings. The third-order valence-electron chi connectivity index (χ3n) is 3.62. The van der Waals surface area contributed by atoms with E-state index in [0.29, 0.717) is 0 Å². The number of rotatable bonds is 3. The van der Waals surface area contributed by atoms with Gasteiger partial charge in [0.1, 0.15) is 0 Å². The SMILES string of the molecule is NCC1CCN(CC2CCCNC2)C1. The van der Waals surface area contributed by atoms with Crippen LogP contribution in [0.3, 0.4) is 0 Å².